The molecule has 0 aliphatic carbocycles. The second kappa shape index (κ2) is 6.21. The molecule has 0 aromatic rings. The summed E-state index contributed by atoms with van der Waals surface area (Å²) in [4.78, 5) is 38.6. The lowest BCUT2D eigenvalue weighted by Crippen LogP contribution is -2.49. The van der Waals surface area contributed by atoms with Crippen LogP contribution in [0.2, 0.25) is 0 Å². The molecule has 2 rings (SSSR count). The smallest absolute Gasteiger partial charge is 0.325 e. The molecule has 7 heteroatoms. The average Bonchev–Trinajstić information content (AvgIpc) is 2.67. The lowest BCUT2D eigenvalue weighted by molar-refractivity contribution is -0.142. The van der Waals surface area contributed by atoms with Gasteiger partial charge in [-0.05, 0) is 13.3 Å². The van der Waals surface area contributed by atoms with Crippen LogP contribution in [-0.2, 0) is 14.3 Å². The molecule has 2 saturated heterocycles. The van der Waals surface area contributed by atoms with E-state index in [9.17, 15) is 14.4 Å². The van der Waals surface area contributed by atoms with Crippen LogP contribution >= 0.6 is 0 Å². The van der Waals surface area contributed by atoms with Gasteiger partial charge in [0.25, 0.3) is 5.91 Å². The largest absolute Gasteiger partial charge is 0.375 e. The predicted molar refractivity (Wildman–Crippen MR) is 70.9 cm³/mol. The highest BCUT2D eigenvalue weighted by Gasteiger charge is 2.39. The van der Waals surface area contributed by atoms with Crippen molar-refractivity contribution in [2.45, 2.75) is 38.8 Å². The molecule has 20 heavy (non-hydrogen) atoms. The third-order valence-corrected chi connectivity index (χ3v) is 3.57. The van der Waals surface area contributed by atoms with E-state index in [0.29, 0.717) is 26.1 Å². The van der Waals surface area contributed by atoms with Gasteiger partial charge in [0.1, 0.15) is 12.6 Å². The second-order valence-corrected chi connectivity index (χ2v) is 5.24. The SMILES string of the molecule is CCCC1NC(=O)N(CC(=O)N2CCOC(C)C2)C1=O. The van der Waals surface area contributed by atoms with Crippen molar-refractivity contribution < 1.29 is 19.1 Å². The molecule has 0 aromatic carbocycles. The van der Waals surface area contributed by atoms with Gasteiger partial charge in [-0.25, -0.2) is 4.79 Å². The van der Waals surface area contributed by atoms with Crippen molar-refractivity contribution >= 4 is 17.8 Å². The maximum absolute atomic E-state index is 12.2. The number of carbonyl (C=O) groups is 3. The monoisotopic (exact) mass is 283 g/mol. The van der Waals surface area contributed by atoms with Crippen LogP contribution in [0.1, 0.15) is 26.7 Å². The molecule has 4 amide bonds. The molecule has 2 aliphatic heterocycles. The summed E-state index contributed by atoms with van der Waals surface area (Å²) in [5.41, 5.74) is 0. The van der Waals surface area contributed by atoms with Crippen molar-refractivity contribution in [1.29, 1.82) is 0 Å². The minimum Gasteiger partial charge on any atom is -0.375 e. The van der Waals surface area contributed by atoms with Gasteiger partial charge in [0.2, 0.25) is 5.91 Å². The van der Waals surface area contributed by atoms with Crippen LogP contribution < -0.4 is 5.32 Å². The summed E-state index contributed by atoms with van der Waals surface area (Å²) in [6.07, 6.45) is 1.40. The van der Waals surface area contributed by atoms with E-state index in [1.165, 1.54) is 0 Å². The van der Waals surface area contributed by atoms with Crippen LogP contribution in [-0.4, -0.2) is 66.0 Å². The Hall–Kier alpha value is -1.63. The van der Waals surface area contributed by atoms with Crippen molar-refractivity contribution in [1.82, 2.24) is 15.1 Å². The number of nitrogens with zero attached hydrogens (tertiary/aromatic N) is 2. The number of hydrogen-bond donors (Lipinski definition) is 1. The number of rotatable bonds is 4. The molecule has 2 fully saturated rings. The summed E-state index contributed by atoms with van der Waals surface area (Å²) in [6, 6.07) is -0.952. The molecule has 0 spiro atoms. The molecule has 2 unspecified atom stereocenters. The zero-order valence-electron chi connectivity index (χ0n) is 11.9. The molecular formula is C13H21N3O4. The lowest BCUT2D eigenvalue weighted by atomic mass is 10.2. The van der Waals surface area contributed by atoms with Gasteiger partial charge in [-0.2, -0.15) is 0 Å². The molecule has 0 radical (unpaired) electrons. The van der Waals surface area contributed by atoms with E-state index in [0.717, 1.165) is 11.3 Å². The van der Waals surface area contributed by atoms with Gasteiger partial charge in [0, 0.05) is 13.1 Å². The number of urea groups is 1. The Bertz CT molecular complexity index is 412. The van der Waals surface area contributed by atoms with Crippen molar-refractivity contribution in [2.75, 3.05) is 26.2 Å². The van der Waals surface area contributed by atoms with Crippen molar-refractivity contribution in [3.05, 3.63) is 0 Å². The molecule has 112 valence electrons. The van der Waals surface area contributed by atoms with Crippen LogP contribution in [0.3, 0.4) is 0 Å². The molecule has 0 aromatic heterocycles. The van der Waals surface area contributed by atoms with Crippen LogP contribution in [0.4, 0.5) is 4.79 Å². The number of nitrogens with one attached hydrogen (secondary N) is 1. The number of amides is 4. The highest BCUT2D eigenvalue weighted by molar-refractivity contribution is 6.06. The molecule has 1 N–H and O–H groups in total. The van der Waals surface area contributed by atoms with Gasteiger partial charge in [0.05, 0.1) is 12.7 Å². The summed E-state index contributed by atoms with van der Waals surface area (Å²) < 4.78 is 5.37. The number of carbonyl (C=O) groups excluding carboxylic acids is 3. The van der Waals surface area contributed by atoms with Crippen molar-refractivity contribution in [3.8, 4) is 0 Å². The standard InChI is InChI=1S/C13H21N3O4/c1-3-4-10-12(18)16(13(19)14-10)8-11(17)15-5-6-20-9(2)7-15/h9-10H,3-8H2,1-2H3,(H,14,19). The quantitative estimate of drug-likeness (QED) is 0.734. The van der Waals surface area contributed by atoms with Gasteiger partial charge in [-0.1, -0.05) is 13.3 Å². The van der Waals surface area contributed by atoms with E-state index >= 15 is 0 Å². The highest BCUT2D eigenvalue weighted by atomic mass is 16.5. The molecule has 2 heterocycles. The molecule has 0 saturated carbocycles. The fourth-order valence-electron chi connectivity index (χ4n) is 2.49. The van der Waals surface area contributed by atoms with E-state index < -0.39 is 12.1 Å². The normalized spacial score (nSPS) is 26.9. The maximum atomic E-state index is 12.2. The minimum absolute atomic E-state index is 0.0105. The predicted octanol–water partition coefficient (Wildman–Crippen LogP) is -0.0458. The first kappa shape index (κ1) is 14.8. The minimum atomic E-state index is -0.482. The fourth-order valence-corrected chi connectivity index (χ4v) is 2.49. The van der Waals surface area contributed by atoms with E-state index in [1.807, 2.05) is 13.8 Å². The van der Waals surface area contributed by atoms with Gasteiger partial charge in [0.15, 0.2) is 0 Å². The summed E-state index contributed by atoms with van der Waals surface area (Å²) in [7, 11) is 0. The van der Waals surface area contributed by atoms with E-state index in [1.54, 1.807) is 4.90 Å². The van der Waals surface area contributed by atoms with Crippen LogP contribution in [0.15, 0.2) is 0 Å². The number of hydrogen-bond acceptors (Lipinski definition) is 4. The summed E-state index contributed by atoms with van der Waals surface area (Å²) >= 11 is 0. The third kappa shape index (κ3) is 3.09. The first-order chi connectivity index (χ1) is 9.52. The van der Waals surface area contributed by atoms with E-state index in [2.05, 4.69) is 5.32 Å². The molecule has 7 nitrogen and oxygen atoms in total. The summed E-state index contributed by atoms with van der Waals surface area (Å²) in [5, 5.41) is 2.61. The van der Waals surface area contributed by atoms with Gasteiger partial charge in [-0.15, -0.1) is 0 Å². The number of morpholine rings is 1. The zero-order valence-corrected chi connectivity index (χ0v) is 11.9. The first-order valence-corrected chi connectivity index (χ1v) is 7.04. The molecule has 2 atom stereocenters. The molecule has 2 aliphatic rings. The van der Waals surface area contributed by atoms with Gasteiger partial charge in [-0.3, -0.25) is 14.5 Å². The van der Waals surface area contributed by atoms with Crippen molar-refractivity contribution in [2.24, 2.45) is 0 Å². The Kier molecular flexibility index (Phi) is 4.59. The van der Waals surface area contributed by atoms with E-state index in [-0.39, 0.29) is 24.5 Å². The highest BCUT2D eigenvalue weighted by Crippen LogP contribution is 2.12. The Balaban J connectivity index is 1.93. The number of ether oxygens (including phenoxy) is 1. The first-order valence-electron chi connectivity index (χ1n) is 7.04. The zero-order chi connectivity index (χ0) is 14.7. The third-order valence-electron chi connectivity index (χ3n) is 3.57. The Morgan fingerprint density at radius 2 is 2.20 bits per heavy atom. The van der Waals surface area contributed by atoms with Crippen LogP contribution in [0, 0.1) is 0 Å². The summed E-state index contributed by atoms with van der Waals surface area (Å²) in [6.45, 7) is 5.15. The van der Waals surface area contributed by atoms with Gasteiger partial charge >= 0.3 is 6.03 Å². The summed E-state index contributed by atoms with van der Waals surface area (Å²) in [5.74, 6) is -0.507. The topological polar surface area (TPSA) is 79.0 Å². The molecule has 0 bridgehead atoms. The maximum Gasteiger partial charge on any atom is 0.325 e. The molecular weight excluding hydrogens is 262 g/mol. The van der Waals surface area contributed by atoms with Gasteiger partial charge < -0.3 is 15.0 Å². The second-order valence-electron chi connectivity index (χ2n) is 5.24. The fraction of sp³-hybridized carbons (Fsp3) is 0.769. The average molecular weight is 283 g/mol. The Labute approximate surface area is 118 Å². The lowest BCUT2D eigenvalue weighted by Gasteiger charge is -2.31. The Morgan fingerprint density at radius 1 is 1.45 bits per heavy atom. The van der Waals surface area contributed by atoms with Crippen LogP contribution in [0.25, 0.3) is 0 Å². The van der Waals surface area contributed by atoms with Crippen LogP contribution in [0.5, 0.6) is 0 Å². The Morgan fingerprint density at radius 3 is 2.85 bits per heavy atom. The number of imide groups is 1. The van der Waals surface area contributed by atoms with E-state index in [4.69, 9.17) is 4.74 Å². The van der Waals surface area contributed by atoms with Crippen molar-refractivity contribution in [3.63, 3.8) is 0 Å².